The minimum atomic E-state index is -0.353. The molecule has 1 saturated carbocycles. The largest absolute Gasteiger partial charge is 0.485 e. The highest BCUT2D eigenvalue weighted by atomic mass is 79.9. The van der Waals surface area contributed by atoms with Crippen LogP contribution in [0.1, 0.15) is 19.8 Å². The van der Waals surface area contributed by atoms with Crippen LogP contribution in [0.4, 0.5) is 4.39 Å². The molecule has 3 unspecified atom stereocenters. The van der Waals surface area contributed by atoms with Gasteiger partial charge in [-0.1, -0.05) is 22.9 Å². The predicted octanol–water partition coefficient (Wildman–Crippen LogP) is 3.12. The summed E-state index contributed by atoms with van der Waals surface area (Å²) in [5.41, 5.74) is 0. The van der Waals surface area contributed by atoms with Crippen molar-refractivity contribution in [3.05, 3.63) is 28.5 Å². The van der Waals surface area contributed by atoms with E-state index < -0.39 is 0 Å². The van der Waals surface area contributed by atoms with E-state index in [1.54, 1.807) is 19.2 Å². The molecule has 3 atom stereocenters. The highest BCUT2D eigenvalue weighted by molar-refractivity contribution is 9.10. The van der Waals surface area contributed by atoms with Crippen molar-refractivity contribution >= 4 is 15.9 Å². The molecule has 3 nitrogen and oxygen atoms in total. The zero-order valence-corrected chi connectivity index (χ0v) is 12.7. The minimum absolute atomic E-state index is 0.0189. The van der Waals surface area contributed by atoms with Crippen LogP contribution in [0.5, 0.6) is 5.75 Å². The van der Waals surface area contributed by atoms with Crippen molar-refractivity contribution in [2.24, 2.45) is 0 Å². The maximum atomic E-state index is 13.7. The maximum absolute atomic E-state index is 13.7. The molecule has 0 aliphatic heterocycles. The van der Waals surface area contributed by atoms with Gasteiger partial charge in [0, 0.05) is 24.0 Å². The zero-order chi connectivity index (χ0) is 13.8. The van der Waals surface area contributed by atoms with Gasteiger partial charge >= 0.3 is 0 Å². The van der Waals surface area contributed by atoms with Gasteiger partial charge in [0.2, 0.25) is 0 Å². The molecule has 2 rings (SSSR count). The number of methoxy groups -OCH3 is 1. The van der Waals surface area contributed by atoms with Gasteiger partial charge < -0.3 is 14.8 Å². The first-order valence-electron chi connectivity index (χ1n) is 6.53. The Morgan fingerprint density at radius 2 is 2.26 bits per heavy atom. The summed E-state index contributed by atoms with van der Waals surface area (Å²) < 4.78 is 25.5. The van der Waals surface area contributed by atoms with E-state index in [9.17, 15) is 4.39 Å². The Hall–Kier alpha value is -0.650. The molecule has 1 aromatic carbocycles. The quantitative estimate of drug-likeness (QED) is 0.868. The smallest absolute Gasteiger partial charge is 0.166 e. The lowest BCUT2D eigenvalue weighted by atomic mass is 9.85. The first-order chi connectivity index (χ1) is 9.15. The number of hydrogen-bond acceptors (Lipinski definition) is 3. The summed E-state index contributed by atoms with van der Waals surface area (Å²) in [6.07, 6.45) is 1.82. The molecule has 1 aliphatic rings. The molecule has 0 saturated heterocycles. The molecular formula is C14H19BrFNO2. The molecule has 1 fully saturated rings. The van der Waals surface area contributed by atoms with Crippen LogP contribution in [-0.2, 0) is 4.74 Å². The Bertz CT molecular complexity index is 430. The van der Waals surface area contributed by atoms with E-state index in [-0.39, 0.29) is 23.8 Å². The Morgan fingerprint density at radius 3 is 2.89 bits per heavy atom. The third-order valence-electron chi connectivity index (χ3n) is 3.35. The van der Waals surface area contributed by atoms with Crippen LogP contribution < -0.4 is 10.1 Å². The SMILES string of the molecule is CCCNC1CC(Oc2ccc(Br)cc2F)C1OC. The van der Waals surface area contributed by atoms with E-state index in [0.29, 0.717) is 10.5 Å². The highest BCUT2D eigenvalue weighted by Gasteiger charge is 2.43. The summed E-state index contributed by atoms with van der Waals surface area (Å²) >= 11 is 3.23. The molecule has 0 amide bonds. The lowest BCUT2D eigenvalue weighted by Crippen LogP contribution is -2.61. The molecule has 0 bridgehead atoms. The lowest BCUT2D eigenvalue weighted by molar-refractivity contribution is -0.0897. The lowest BCUT2D eigenvalue weighted by Gasteiger charge is -2.43. The second kappa shape index (κ2) is 6.68. The van der Waals surface area contributed by atoms with Crippen LogP contribution in [0.3, 0.4) is 0 Å². The summed E-state index contributed by atoms with van der Waals surface area (Å²) in [5.74, 6) is -0.0709. The van der Waals surface area contributed by atoms with Crippen molar-refractivity contribution in [1.29, 1.82) is 0 Å². The third kappa shape index (κ3) is 3.46. The molecule has 0 aromatic heterocycles. The molecule has 5 heteroatoms. The van der Waals surface area contributed by atoms with E-state index >= 15 is 0 Å². The topological polar surface area (TPSA) is 30.5 Å². The summed E-state index contributed by atoms with van der Waals surface area (Å²) in [6.45, 7) is 3.09. The molecule has 1 aliphatic carbocycles. The summed E-state index contributed by atoms with van der Waals surface area (Å²) in [5, 5.41) is 3.40. The Balaban J connectivity index is 1.93. The fourth-order valence-electron chi connectivity index (χ4n) is 2.28. The molecule has 1 N–H and O–H groups in total. The molecule has 0 heterocycles. The standard InChI is InChI=1S/C14H19BrFNO2/c1-3-6-17-11-8-13(14(11)18-2)19-12-5-4-9(15)7-10(12)16/h4-5,7,11,13-14,17H,3,6,8H2,1-2H3. The van der Waals surface area contributed by atoms with E-state index in [1.165, 1.54) is 6.07 Å². The second-order valence-electron chi connectivity index (χ2n) is 4.73. The highest BCUT2D eigenvalue weighted by Crippen LogP contribution is 2.31. The molecular weight excluding hydrogens is 313 g/mol. The van der Waals surface area contributed by atoms with Crippen LogP contribution in [0.15, 0.2) is 22.7 Å². The summed E-state index contributed by atoms with van der Waals surface area (Å²) in [4.78, 5) is 0. The third-order valence-corrected chi connectivity index (χ3v) is 3.84. The molecule has 0 spiro atoms. The Kier molecular flexibility index (Phi) is 5.19. The van der Waals surface area contributed by atoms with Crippen LogP contribution >= 0.6 is 15.9 Å². The van der Waals surface area contributed by atoms with Crippen LogP contribution in [0.25, 0.3) is 0 Å². The summed E-state index contributed by atoms with van der Waals surface area (Å²) in [7, 11) is 1.67. The summed E-state index contributed by atoms with van der Waals surface area (Å²) in [6, 6.07) is 5.11. The monoisotopic (exact) mass is 331 g/mol. The fourth-order valence-corrected chi connectivity index (χ4v) is 2.61. The van der Waals surface area contributed by atoms with E-state index in [0.717, 1.165) is 19.4 Å². The predicted molar refractivity (Wildman–Crippen MR) is 76.0 cm³/mol. The molecule has 0 radical (unpaired) electrons. The van der Waals surface area contributed by atoms with Gasteiger partial charge in [-0.2, -0.15) is 0 Å². The molecule has 19 heavy (non-hydrogen) atoms. The van der Waals surface area contributed by atoms with Gasteiger partial charge in [-0.05, 0) is 31.2 Å². The van der Waals surface area contributed by atoms with Crippen LogP contribution in [0, 0.1) is 5.82 Å². The number of ether oxygens (including phenoxy) is 2. The average molecular weight is 332 g/mol. The molecule has 1 aromatic rings. The first kappa shape index (κ1) is 14.8. The first-order valence-corrected chi connectivity index (χ1v) is 7.33. The zero-order valence-electron chi connectivity index (χ0n) is 11.2. The van der Waals surface area contributed by atoms with E-state index in [1.807, 2.05) is 0 Å². The average Bonchev–Trinajstić information content (AvgIpc) is 2.35. The number of hydrogen-bond donors (Lipinski definition) is 1. The van der Waals surface area contributed by atoms with Crippen molar-refractivity contribution < 1.29 is 13.9 Å². The second-order valence-corrected chi connectivity index (χ2v) is 5.64. The van der Waals surface area contributed by atoms with Crippen molar-refractivity contribution in [2.75, 3.05) is 13.7 Å². The van der Waals surface area contributed by atoms with Crippen molar-refractivity contribution in [3.63, 3.8) is 0 Å². The van der Waals surface area contributed by atoms with Gasteiger partial charge in [-0.15, -0.1) is 0 Å². The van der Waals surface area contributed by atoms with Crippen LogP contribution in [-0.4, -0.2) is 31.9 Å². The van der Waals surface area contributed by atoms with Gasteiger partial charge in [0.15, 0.2) is 11.6 Å². The number of benzene rings is 1. The van der Waals surface area contributed by atoms with E-state index in [4.69, 9.17) is 9.47 Å². The Morgan fingerprint density at radius 1 is 1.47 bits per heavy atom. The van der Waals surface area contributed by atoms with Gasteiger partial charge in [0.25, 0.3) is 0 Å². The van der Waals surface area contributed by atoms with Gasteiger partial charge in [-0.25, -0.2) is 4.39 Å². The fraction of sp³-hybridized carbons (Fsp3) is 0.571. The van der Waals surface area contributed by atoms with Gasteiger partial charge in [0.1, 0.15) is 12.2 Å². The number of nitrogens with one attached hydrogen (secondary N) is 1. The number of rotatable bonds is 6. The van der Waals surface area contributed by atoms with Crippen molar-refractivity contribution in [3.8, 4) is 5.75 Å². The van der Waals surface area contributed by atoms with Crippen molar-refractivity contribution in [1.82, 2.24) is 5.32 Å². The minimum Gasteiger partial charge on any atom is -0.485 e. The maximum Gasteiger partial charge on any atom is 0.166 e. The van der Waals surface area contributed by atoms with E-state index in [2.05, 4.69) is 28.2 Å². The normalized spacial score (nSPS) is 26.0. The van der Waals surface area contributed by atoms with Crippen LogP contribution in [0.2, 0.25) is 0 Å². The van der Waals surface area contributed by atoms with Crippen molar-refractivity contribution in [2.45, 2.75) is 38.0 Å². The Labute approximate surface area is 121 Å². The van der Waals surface area contributed by atoms with Gasteiger partial charge in [-0.3, -0.25) is 0 Å². The number of halogens is 2. The van der Waals surface area contributed by atoms with Gasteiger partial charge in [0.05, 0.1) is 0 Å². The molecule has 106 valence electrons.